The van der Waals surface area contributed by atoms with Crippen LogP contribution in [0.5, 0.6) is 5.75 Å². The molecule has 4 aromatic rings. The maximum Gasteiger partial charge on any atom is 0.455 e. The average molecular weight is 361 g/mol. The molecular weight excluding hydrogens is 351 g/mol. The van der Waals surface area contributed by atoms with E-state index in [0.717, 1.165) is 5.52 Å². The molecule has 0 saturated carbocycles. The Balaban J connectivity index is 2.20. The Morgan fingerprint density at radius 3 is 2.46 bits per heavy atom. The Labute approximate surface area is 142 Å². The third kappa shape index (κ3) is 2.05. The molecule has 26 heavy (non-hydrogen) atoms. The number of alkyl halides is 3. The van der Waals surface area contributed by atoms with Gasteiger partial charge < -0.3 is 14.1 Å². The highest BCUT2D eigenvalue weighted by atomic mass is 19.4. The maximum atomic E-state index is 12.7. The average Bonchev–Trinajstić information content (AvgIpc) is 2.87. The number of Topliss-reactive ketones (excluding diaryl/α,β-unsaturated/α-hetero) is 1. The Hall–Kier alpha value is -3.29. The highest BCUT2D eigenvalue weighted by molar-refractivity contribution is 6.20. The van der Waals surface area contributed by atoms with Crippen LogP contribution in [0.2, 0.25) is 0 Å². The lowest BCUT2D eigenvalue weighted by Crippen LogP contribution is -2.28. The number of nitrogens with zero attached hydrogens (tertiary/aromatic N) is 1. The number of aromatic hydroxyl groups is 1. The number of hydrogen-bond acceptors (Lipinski definition) is 4. The number of carbonyl (C=O) groups excluding carboxylic acids is 1. The van der Waals surface area contributed by atoms with Crippen LogP contribution in [-0.2, 0) is 7.05 Å². The van der Waals surface area contributed by atoms with E-state index in [2.05, 4.69) is 0 Å². The molecule has 0 amide bonds. The van der Waals surface area contributed by atoms with E-state index < -0.39 is 28.9 Å². The van der Waals surface area contributed by atoms with Crippen molar-refractivity contribution < 1.29 is 27.5 Å². The molecule has 5 nitrogen and oxygen atoms in total. The number of benzene rings is 2. The van der Waals surface area contributed by atoms with Crippen molar-refractivity contribution in [1.82, 2.24) is 4.57 Å². The fourth-order valence-electron chi connectivity index (χ4n) is 3.23. The van der Waals surface area contributed by atoms with E-state index in [9.17, 15) is 27.9 Å². The minimum Gasteiger partial charge on any atom is -0.506 e. The molecule has 4 rings (SSSR count). The summed E-state index contributed by atoms with van der Waals surface area (Å²) in [5.41, 5.74) is -1.54. The number of fused-ring (bicyclic) bond motifs is 5. The van der Waals surface area contributed by atoms with Crippen molar-refractivity contribution >= 4 is 38.6 Å². The molecule has 8 heteroatoms. The van der Waals surface area contributed by atoms with Gasteiger partial charge in [-0.25, -0.2) is 4.79 Å². The Morgan fingerprint density at radius 2 is 1.77 bits per heavy atom. The molecule has 0 aliphatic carbocycles. The standard InChI is InChI=1S/C18H10F3NO4/c1-22-10-5-3-2-4-8(10)12-11(22)7-6-9-14(23)13(16(24)18(19,20)21)17(25)26-15(9)12/h2-7,23H,1H3. The van der Waals surface area contributed by atoms with Gasteiger partial charge >= 0.3 is 11.8 Å². The van der Waals surface area contributed by atoms with Crippen molar-refractivity contribution in [2.75, 3.05) is 0 Å². The summed E-state index contributed by atoms with van der Waals surface area (Å²) in [4.78, 5) is 23.6. The second-order valence-electron chi connectivity index (χ2n) is 5.85. The monoisotopic (exact) mass is 361 g/mol. The van der Waals surface area contributed by atoms with E-state index in [1.54, 1.807) is 25.2 Å². The van der Waals surface area contributed by atoms with Gasteiger partial charge in [0.2, 0.25) is 0 Å². The van der Waals surface area contributed by atoms with Gasteiger partial charge in [0.25, 0.3) is 5.78 Å². The van der Waals surface area contributed by atoms with E-state index in [1.165, 1.54) is 6.07 Å². The van der Waals surface area contributed by atoms with Crippen molar-refractivity contribution in [1.29, 1.82) is 0 Å². The highest BCUT2D eigenvalue weighted by Crippen LogP contribution is 2.38. The number of ketones is 1. The van der Waals surface area contributed by atoms with E-state index in [0.29, 0.717) is 16.3 Å². The SMILES string of the molecule is Cn1c2ccccc2c2c3oc(=O)c(C(=O)C(F)(F)F)c(O)c3ccc21. The summed E-state index contributed by atoms with van der Waals surface area (Å²) in [7, 11) is 1.79. The first-order chi connectivity index (χ1) is 12.2. The quantitative estimate of drug-likeness (QED) is 0.412. The molecule has 0 aliphatic heterocycles. The first kappa shape index (κ1) is 16.2. The van der Waals surface area contributed by atoms with Gasteiger partial charge in [0.05, 0.1) is 16.3 Å². The van der Waals surface area contributed by atoms with Crippen molar-refractivity contribution in [3.8, 4) is 5.75 Å². The lowest BCUT2D eigenvalue weighted by Gasteiger charge is -2.08. The minimum absolute atomic E-state index is 0.0690. The predicted molar refractivity (Wildman–Crippen MR) is 88.5 cm³/mol. The summed E-state index contributed by atoms with van der Waals surface area (Å²) in [5, 5.41) is 11.3. The van der Waals surface area contributed by atoms with Crippen LogP contribution in [0.15, 0.2) is 45.6 Å². The third-order valence-corrected chi connectivity index (χ3v) is 4.41. The van der Waals surface area contributed by atoms with Crippen molar-refractivity contribution in [3.05, 3.63) is 52.4 Å². The maximum absolute atomic E-state index is 12.7. The van der Waals surface area contributed by atoms with E-state index in [4.69, 9.17) is 4.42 Å². The van der Waals surface area contributed by atoms with Crippen LogP contribution in [0, 0.1) is 0 Å². The molecule has 0 bridgehead atoms. The van der Waals surface area contributed by atoms with Crippen LogP contribution < -0.4 is 5.63 Å². The zero-order chi connectivity index (χ0) is 18.8. The molecule has 132 valence electrons. The van der Waals surface area contributed by atoms with Crippen molar-refractivity contribution in [2.24, 2.45) is 7.05 Å². The van der Waals surface area contributed by atoms with Gasteiger partial charge in [0.1, 0.15) is 5.75 Å². The highest BCUT2D eigenvalue weighted by Gasteiger charge is 2.43. The number of hydrogen-bond donors (Lipinski definition) is 1. The lowest BCUT2D eigenvalue weighted by atomic mass is 10.0. The first-order valence-corrected chi connectivity index (χ1v) is 7.49. The van der Waals surface area contributed by atoms with Gasteiger partial charge in [-0.2, -0.15) is 13.2 Å². The Bertz CT molecular complexity index is 1280. The van der Waals surface area contributed by atoms with Gasteiger partial charge in [-0.3, -0.25) is 4.79 Å². The van der Waals surface area contributed by atoms with Gasteiger partial charge in [-0.15, -0.1) is 0 Å². The third-order valence-electron chi connectivity index (χ3n) is 4.41. The molecule has 2 heterocycles. The summed E-state index contributed by atoms with van der Waals surface area (Å²) in [6.07, 6.45) is -5.30. The van der Waals surface area contributed by atoms with Crippen molar-refractivity contribution in [3.63, 3.8) is 0 Å². The number of aromatic nitrogens is 1. The van der Waals surface area contributed by atoms with Crippen LogP contribution in [0.25, 0.3) is 32.8 Å². The normalized spacial score (nSPS) is 12.3. The summed E-state index contributed by atoms with van der Waals surface area (Å²) in [6, 6.07) is 10.1. The van der Waals surface area contributed by atoms with E-state index >= 15 is 0 Å². The zero-order valence-corrected chi connectivity index (χ0v) is 13.2. The molecule has 0 aliphatic rings. The van der Waals surface area contributed by atoms with Gasteiger partial charge in [-0.05, 0) is 18.2 Å². The summed E-state index contributed by atoms with van der Waals surface area (Å²) in [6.45, 7) is 0. The molecule has 0 unspecified atom stereocenters. The van der Waals surface area contributed by atoms with Crippen LogP contribution in [0.1, 0.15) is 10.4 Å². The number of carbonyl (C=O) groups is 1. The molecule has 1 N–H and O–H groups in total. The molecular formula is C18H10F3NO4. The fraction of sp³-hybridized carbons (Fsp3) is 0.111. The number of halogens is 3. The van der Waals surface area contributed by atoms with Crippen LogP contribution in [-0.4, -0.2) is 21.6 Å². The molecule has 0 radical (unpaired) electrons. The molecule has 0 saturated heterocycles. The fourth-order valence-corrected chi connectivity index (χ4v) is 3.23. The van der Waals surface area contributed by atoms with Crippen LogP contribution >= 0.6 is 0 Å². The minimum atomic E-state index is -5.30. The Kier molecular flexibility index (Phi) is 3.18. The lowest BCUT2D eigenvalue weighted by molar-refractivity contribution is -0.0888. The summed E-state index contributed by atoms with van der Waals surface area (Å²) >= 11 is 0. The van der Waals surface area contributed by atoms with E-state index in [-0.39, 0.29) is 11.0 Å². The zero-order valence-electron chi connectivity index (χ0n) is 13.2. The first-order valence-electron chi connectivity index (χ1n) is 7.49. The second-order valence-corrected chi connectivity index (χ2v) is 5.85. The van der Waals surface area contributed by atoms with Crippen LogP contribution in [0.3, 0.4) is 0 Å². The number of para-hydroxylation sites is 1. The predicted octanol–water partition coefficient (Wildman–Crippen LogP) is 3.89. The largest absolute Gasteiger partial charge is 0.506 e. The molecule has 2 aromatic carbocycles. The molecule has 2 aromatic heterocycles. The number of aryl methyl sites for hydroxylation is 1. The van der Waals surface area contributed by atoms with Gasteiger partial charge in [0.15, 0.2) is 11.1 Å². The van der Waals surface area contributed by atoms with Gasteiger partial charge in [0, 0.05) is 18.0 Å². The summed E-state index contributed by atoms with van der Waals surface area (Å²) < 4.78 is 45.0. The second kappa shape index (κ2) is 5.10. The Morgan fingerprint density at radius 1 is 1.08 bits per heavy atom. The van der Waals surface area contributed by atoms with Gasteiger partial charge in [-0.1, -0.05) is 18.2 Å². The topological polar surface area (TPSA) is 72.4 Å². The van der Waals surface area contributed by atoms with E-state index in [1.807, 2.05) is 16.7 Å². The molecule has 0 atom stereocenters. The van der Waals surface area contributed by atoms with Crippen LogP contribution in [0.4, 0.5) is 13.2 Å². The summed E-state index contributed by atoms with van der Waals surface area (Å²) in [5.74, 6) is -3.47. The van der Waals surface area contributed by atoms with Crippen molar-refractivity contribution in [2.45, 2.75) is 6.18 Å². The molecule has 0 fully saturated rings. The molecule has 0 spiro atoms. The smallest absolute Gasteiger partial charge is 0.455 e. The number of rotatable bonds is 1.